The van der Waals surface area contributed by atoms with E-state index in [-0.39, 0.29) is 10.6 Å². The van der Waals surface area contributed by atoms with Crippen LogP contribution in [0.1, 0.15) is 19.4 Å². The molecule has 5 heteroatoms. The van der Waals surface area contributed by atoms with Gasteiger partial charge in [-0.25, -0.2) is 0 Å². The number of nitro groups is 1. The highest BCUT2D eigenvalue weighted by molar-refractivity contribution is 5.59. The van der Waals surface area contributed by atoms with Gasteiger partial charge in [0.1, 0.15) is 0 Å². The fourth-order valence-corrected chi connectivity index (χ4v) is 3.59. The Morgan fingerprint density at radius 2 is 2.05 bits per heavy atom. The minimum absolute atomic E-state index is 0.130. The Labute approximate surface area is 118 Å². The first-order valence-corrected chi connectivity index (χ1v) is 6.96. The lowest BCUT2D eigenvalue weighted by atomic mass is 10.0. The predicted molar refractivity (Wildman–Crippen MR) is 76.8 cm³/mol. The van der Waals surface area contributed by atoms with Crippen LogP contribution in [-0.2, 0) is 11.3 Å². The summed E-state index contributed by atoms with van der Waals surface area (Å²) in [6, 6.07) is 5.09. The van der Waals surface area contributed by atoms with Crippen molar-refractivity contribution in [3.05, 3.63) is 33.9 Å². The number of nitro benzene ring substituents is 1. The molecule has 1 aromatic rings. The number of nitrogens with zero attached hydrogens (tertiary/aromatic N) is 2. The number of hydrogen-bond acceptors (Lipinski definition) is 4. The van der Waals surface area contributed by atoms with Gasteiger partial charge in [0.15, 0.2) is 0 Å². The lowest BCUT2D eigenvalue weighted by molar-refractivity contribution is -0.384. The summed E-state index contributed by atoms with van der Waals surface area (Å²) in [6.45, 7) is 7.15. The Balaban J connectivity index is 1.85. The predicted octanol–water partition coefficient (Wildman–Crippen LogP) is 2.83. The number of anilines is 1. The molecule has 0 amide bonds. The molecule has 0 bridgehead atoms. The molecule has 5 nitrogen and oxygen atoms in total. The first-order valence-electron chi connectivity index (χ1n) is 6.96. The van der Waals surface area contributed by atoms with E-state index in [1.807, 2.05) is 6.07 Å². The smallest absolute Gasteiger partial charge is 0.269 e. The number of fused-ring (bicyclic) bond motifs is 1. The lowest BCUT2D eigenvalue weighted by Gasteiger charge is -2.26. The third-order valence-electron chi connectivity index (χ3n) is 5.04. The normalized spacial score (nSPS) is 26.4. The number of methoxy groups -OCH3 is 1. The second kappa shape index (κ2) is 4.45. The van der Waals surface area contributed by atoms with Crippen LogP contribution in [0, 0.1) is 27.4 Å². The van der Waals surface area contributed by atoms with Gasteiger partial charge in [-0.15, -0.1) is 0 Å². The zero-order valence-electron chi connectivity index (χ0n) is 12.1. The van der Waals surface area contributed by atoms with Gasteiger partial charge in [-0.05, 0) is 23.3 Å². The van der Waals surface area contributed by atoms with E-state index < -0.39 is 0 Å². The molecule has 3 rings (SSSR count). The largest absolute Gasteiger partial charge is 0.380 e. The summed E-state index contributed by atoms with van der Waals surface area (Å²) >= 11 is 0. The maximum atomic E-state index is 10.9. The van der Waals surface area contributed by atoms with Crippen molar-refractivity contribution < 1.29 is 9.66 Å². The fraction of sp³-hybridized carbons (Fsp3) is 0.600. The monoisotopic (exact) mass is 276 g/mol. The van der Waals surface area contributed by atoms with Gasteiger partial charge in [-0.1, -0.05) is 13.8 Å². The van der Waals surface area contributed by atoms with Crippen molar-refractivity contribution in [2.24, 2.45) is 17.3 Å². The highest BCUT2D eigenvalue weighted by Crippen LogP contribution is 2.62. The Morgan fingerprint density at radius 3 is 2.60 bits per heavy atom. The summed E-state index contributed by atoms with van der Waals surface area (Å²) in [4.78, 5) is 12.9. The molecular weight excluding hydrogens is 256 g/mol. The van der Waals surface area contributed by atoms with Crippen molar-refractivity contribution >= 4 is 11.4 Å². The lowest BCUT2D eigenvalue weighted by Crippen LogP contribution is -2.27. The molecule has 1 saturated carbocycles. The molecule has 0 radical (unpaired) electrons. The molecule has 1 heterocycles. The van der Waals surface area contributed by atoms with Crippen LogP contribution in [0.3, 0.4) is 0 Å². The average molecular weight is 276 g/mol. The van der Waals surface area contributed by atoms with Crippen molar-refractivity contribution in [1.82, 2.24) is 0 Å². The molecule has 2 atom stereocenters. The Kier molecular flexibility index (Phi) is 2.97. The van der Waals surface area contributed by atoms with Gasteiger partial charge in [-0.2, -0.15) is 0 Å². The summed E-state index contributed by atoms with van der Waals surface area (Å²) in [6.07, 6.45) is 0. The van der Waals surface area contributed by atoms with Crippen LogP contribution in [0.15, 0.2) is 18.2 Å². The zero-order chi connectivity index (χ0) is 14.5. The van der Waals surface area contributed by atoms with Crippen molar-refractivity contribution in [3.63, 3.8) is 0 Å². The Hall–Kier alpha value is -1.62. The molecule has 108 valence electrons. The standard InChI is InChI=1S/C15H20N2O3/c1-15(2)12-7-16(8-13(12)15)14-5-4-11(17(18)19)6-10(14)9-20-3/h4-6,12-13H,7-9H2,1-3H3. The Bertz CT molecular complexity index is 542. The molecule has 1 aliphatic heterocycles. The molecular formula is C15H20N2O3. The van der Waals surface area contributed by atoms with Crippen LogP contribution >= 0.6 is 0 Å². The average Bonchev–Trinajstić information content (AvgIpc) is 2.80. The van der Waals surface area contributed by atoms with Gasteiger partial charge in [0, 0.05) is 43.6 Å². The molecule has 0 aromatic heterocycles. The van der Waals surface area contributed by atoms with E-state index in [0.29, 0.717) is 12.0 Å². The minimum Gasteiger partial charge on any atom is -0.380 e. The highest BCUT2D eigenvalue weighted by atomic mass is 16.6. The summed E-state index contributed by atoms with van der Waals surface area (Å²) in [5.74, 6) is 1.51. The van der Waals surface area contributed by atoms with Gasteiger partial charge in [0.05, 0.1) is 11.5 Å². The molecule has 2 aliphatic rings. The van der Waals surface area contributed by atoms with E-state index in [9.17, 15) is 10.1 Å². The van der Waals surface area contributed by atoms with E-state index in [0.717, 1.165) is 36.2 Å². The van der Waals surface area contributed by atoms with E-state index in [4.69, 9.17) is 4.74 Å². The van der Waals surface area contributed by atoms with Gasteiger partial charge in [-0.3, -0.25) is 10.1 Å². The van der Waals surface area contributed by atoms with E-state index >= 15 is 0 Å². The van der Waals surface area contributed by atoms with Crippen LogP contribution in [0.4, 0.5) is 11.4 Å². The second-order valence-corrected chi connectivity index (χ2v) is 6.44. The van der Waals surface area contributed by atoms with Crippen molar-refractivity contribution in [3.8, 4) is 0 Å². The molecule has 1 aliphatic carbocycles. The molecule has 2 fully saturated rings. The molecule has 1 aromatic carbocycles. The van der Waals surface area contributed by atoms with Gasteiger partial charge >= 0.3 is 0 Å². The maximum Gasteiger partial charge on any atom is 0.269 e. The number of rotatable bonds is 4. The first kappa shape index (κ1) is 13.4. The van der Waals surface area contributed by atoms with Crippen molar-refractivity contribution in [2.45, 2.75) is 20.5 Å². The quantitative estimate of drug-likeness (QED) is 0.627. The summed E-state index contributed by atoms with van der Waals surface area (Å²) < 4.78 is 5.19. The number of piperidine rings is 1. The highest BCUT2D eigenvalue weighted by Gasteiger charge is 2.62. The van der Waals surface area contributed by atoms with Crippen LogP contribution in [0.25, 0.3) is 0 Å². The van der Waals surface area contributed by atoms with Crippen LogP contribution in [0.2, 0.25) is 0 Å². The molecule has 0 spiro atoms. The topological polar surface area (TPSA) is 55.6 Å². The third kappa shape index (κ3) is 1.97. The van der Waals surface area contributed by atoms with Gasteiger partial charge in [0.25, 0.3) is 5.69 Å². The fourth-order valence-electron chi connectivity index (χ4n) is 3.59. The maximum absolute atomic E-state index is 10.9. The SMILES string of the molecule is COCc1cc([N+](=O)[O-])ccc1N1CC2C(C1)C2(C)C. The van der Waals surface area contributed by atoms with E-state index in [1.165, 1.54) is 0 Å². The number of ether oxygens (including phenoxy) is 1. The minimum atomic E-state index is -0.354. The third-order valence-corrected chi connectivity index (χ3v) is 5.04. The summed E-state index contributed by atoms with van der Waals surface area (Å²) in [7, 11) is 1.62. The number of hydrogen-bond donors (Lipinski definition) is 0. The molecule has 20 heavy (non-hydrogen) atoms. The summed E-state index contributed by atoms with van der Waals surface area (Å²) in [5.41, 5.74) is 2.59. The first-order chi connectivity index (χ1) is 9.45. The Morgan fingerprint density at radius 1 is 1.40 bits per heavy atom. The van der Waals surface area contributed by atoms with Crippen LogP contribution in [0.5, 0.6) is 0 Å². The van der Waals surface area contributed by atoms with Crippen molar-refractivity contribution in [1.29, 1.82) is 0 Å². The zero-order valence-corrected chi connectivity index (χ0v) is 12.1. The van der Waals surface area contributed by atoms with E-state index in [1.54, 1.807) is 19.2 Å². The van der Waals surface area contributed by atoms with Crippen LogP contribution in [-0.4, -0.2) is 25.1 Å². The van der Waals surface area contributed by atoms with Gasteiger partial charge < -0.3 is 9.64 Å². The number of non-ortho nitro benzene ring substituents is 1. The van der Waals surface area contributed by atoms with Crippen molar-refractivity contribution in [2.75, 3.05) is 25.1 Å². The van der Waals surface area contributed by atoms with Crippen LogP contribution < -0.4 is 4.90 Å². The molecule has 0 N–H and O–H groups in total. The van der Waals surface area contributed by atoms with Gasteiger partial charge in [0.2, 0.25) is 0 Å². The molecule has 1 saturated heterocycles. The molecule has 2 unspecified atom stereocenters. The number of benzene rings is 1. The van der Waals surface area contributed by atoms with E-state index in [2.05, 4.69) is 18.7 Å². The second-order valence-electron chi connectivity index (χ2n) is 6.44. The summed E-state index contributed by atoms with van der Waals surface area (Å²) in [5, 5.41) is 10.9.